The first-order valence-corrected chi connectivity index (χ1v) is 1.95. The average molecular weight is 257 g/mol. The van der Waals surface area contributed by atoms with Crippen LogP contribution in [0.25, 0.3) is 0 Å². The SMILES string of the molecule is O=[Si](O)O.[Hf]. The Labute approximate surface area is 49.3 Å². The smallest absolute Gasteiger partial charge is 0.511 e. The van der Waals surface area contributed by atoms with Crippen LogP contribution in [0, 0.1) is 0 Å². The Morgan fingerprint density at radius 2 is 1.40 bits per heavy atom. The van der Waals surface area contributed by atoms with Gasteiger partial charge < -0.3 is 9.59 Å². The largest absolute Gasteiger partial charge is 0.761 e. The van der Waals surface area contributed by atoms with Gasteiger partial charge in [-0.25, -0.2) is 0 Å². The van der Waals surface area contributed by atoms with Gasteiger partial charge in [0.2, 0.25) is 0 Å². The van der Waals surface area contributed by atoms with Gasteiger partial charge in [0.15, 0.2) is 0 Å². The molecule has 0 rings (SSSR count). The quantitative estimate of drug-likeness (QED) is 0.513. The molecule has 0 aromatic rings. The second-order valence-corrected chi connectivity index (χ2v) is 0.848. The van der Waals surface area contributed by atoms with Gasteiger partial charge in [0.25, 0.3) is 0 Å². The Hall–Kier alpha value is 0.487. The predicted octanol–water partition coefficient (Wildman–Crippen LogP) is -1.62. The van der Waals surface area contributed by atoms with Gasteiger partial charge in [-0.05, 0) is 0 Å². The third-order valence-electron chi connectivity index (χ3n) is 0. The third-order valence-corrected chi connectivity index (χ3v) is 0. The van der Waals surface area contributed by atoms with E-state index in [2.05, 4.69) is 0 Å². The fourth-order valence-corrected chi connectivity index (χ4v) is 0. The van der Waals surface area contributed by atoms with Gasteiger partial charge in [-0.1, -0.05) is 0 Å². The predicted molar refractivity (Wildman–Crippen MR) is 10.9 cm³/mol. The van der Waals surface area contributed by atoms with E-state index in [1.807, 2.05) is 0 Å². The molecule has 0 atom stereocenters. The van der Waals surface area contributed by atoms with Crippen molar-refractivity contribution in [3.8, 4) is 0 Å². The van der Waals surface area contributed by atoms with Crippen molar-refractivity contribution in [3.05, 3.63) is 0 Å². The normalized spacial score (nSPS) is 4.80. The van der Waals surface area contributed by atoms with E-state index < -0.39 is 9.17 Å². The van der Waals surface area contributed by atoms with E-state index in [0.29, 0.717) is 0 Å². The summed E-state index contributed by atoms with van der Waals surface area (Å²) in [5, 5.41) is 0. The molecule has 5 heteroatoms. The molecule has 0 saturated heterocycles. The number of hydrogen-bond donors (Lipinski definition) is 2. The minimum absolute atomic E-state index is 0. The molecule has 28 valence electrons. The molecule has 0 aliphatic heterocycles. The van der Waals surface area contributed by atoms with E-state index in [0.717, 1.165) is 0 Å². The molecular weight excluding hydrogens is 255 g/mol. The topological polar surface area (TPSA) is 57.5 Å². The summed E-state index contributed by atoms with van der Waals surface area (Å²) in [6.45, 7) is 0. The fraction of sp³-hybridized carbons (Fsp3) is 0. The van der Waals surface area contributed by atoms with Crippen LogP contribution in [0.5, 0.6) is 0 Å². The van der Waals surface area contributed by atoms with Crippen LogP contribution in [-0.2, 0) is 30.3 Å². The summed E-state index contributed by atoms with van der Waals surface area (Å²) in [7, 11) is -3.13. The molecule has 0 spiro atoms. The zero-order valence-corrected chi connectivity index (χ0v) is 6.90. The molecule has 0 bridgehead atoms. The summed E-state index contributed by atoms with van der Waals surface area (Å²) in [5.74, 6) is 0. The first kappa shape index (κ1) is 9.09. The Balaban J connectivity index is 0. The average Bonchev–Trinajstić information content (AvgIpc) is 0.811. The first-order valence-electron chi connectivity index (χ1n) is 0.651. The van der Waals surface area contributed by atoms with E-state index in [1.165, 1.54) is 0 Å². The summed E-state index contributed by atoms with van der Waals surface area (Å²) in [5.41, 5.74) is 0. The molecule has 5 heavy (non-hydrogen) atoms. The maximum atomic E-state index is 8.74. The standard InChI is InChI=1S/Hf.H2O3Si/c;1-4(2)3/h;1-2H. The van der Waals surface area contributed by atoms with Crippen molar-refractivity contribution in [2.45, 2.75) is 0 Å². The van der Waals surface area contributed by atoms with Crippen molar-refractivity contribution >= 4 is 9.17 Å². The second-order valence-electron chi connectivity index (χ2n) is 0.283. The Morgan fingerprint density at radius 3 is 1.40 bits per heavy atom. The Morgan fingerprint density at radius 1 is 1.40 bits per heavy atom. The molecule has 0 aromatic carbocycles. The van der Waals surface area contributed by atoms with Gasteiger partial charge in [0.1, 0.15) is 0 Å². The molecule has 2 N–H and O–H groups in total. The molecule has 0 aromatic heterocycles. The second kappa shape index (κ2) is 4.49. The molecule has 0 aliphatic rings. The van der Waals surface area contributed by atoms with Crippen LogP contribution in [0.15, 0.2) is 0 Å². The molecule has 0 heterocycles. The van der Waals surface area contributed by atoms with Crippen molar-refractivity contribution in [3.63, 3.8) is 0 Å². The zero-order valence-electron chi connectivity index (χ0n) is 2.30. The molecule has 0 unspecified atom stereocenters. The third kappa shape index (κ3) is 117. The van der Waals surface area contributed by atoms with E-state index in [4.69, 9.17) is 14.1 Å². The molecule has 0 fully saturated rings. The molecule has 0 saturated carbocycles. The van der Waals surface area contributed by atoms with Crippen molar-refractivity contribution < 1.29 is 39.9 Å². The van der Waals surface area contributed by atoms with Crippen LogP contribution in [-0.4, -0.2) is 18.8 Å². The van der Waals surface area contributed by atoms with E-state index in [9.17, 15) is 0 Å². The molecule has 0 radical (unpaired) electrons. The van der Waals surface area contributed by atoms with E-state index in [1.54, 1.807) is 0 Å². The van der Waals surface area contributed by atoms with Gasteiger partial charge in [-0.15, -0.1) is 0 Å². The van der Waals surface area contributed by atoms with E-state index in [-0.39, 0.29) is 25.8 Å². The fourth-order valence-electron chi connectivity index (χ4n) is 0. The van der Waals surface area contributed by atoms with Crippen molar-refractivity contribution in [1.29, 1.82) is 0 Å². The van der Waals surface area contributed by atoms with Crippen LogP contribution >= 0.6 is 0 Å². The summed E-state index contributed by atoms with van der Waals surface area (Å²) in [6.07, 6.45) is 0. The molecular formula is H2HfO3Si. The minimum Gasteiger partial charge on any atom is -0.511 e. The van der Waals surface area contributed by atoms with Crippen LogP contribution in [0.2, 0.25) is 0 Å². The molecule has 0 amide bonds. The number of rotatable bonds is 0. The van der Waals surface area contributed by atoms with Gasteiger partial charge in [0.05, 0.1) is 0 Å². The maximum absolute atomic E-state index is 8.74. The summed E-state index contributed by atoms with van der Waals surface area (Å²) in [4.78, 5) is 14.3. The van der Waals surface area contributed by atoms with Gasteiger partial charge in [0, 0.05) is 25.8 Å². The zero-order chi connectivity index (χ0) is 3.58. The minimum atomic E-state index is -3.13. The van der Waals surface area contributed by atoms with Crippen LogP contribution in [0.1, 0.15) is 0 Å². The summed E-state index contributed by atoms with van der Waals surface area (Å²) < 4.78 is 8.74. The Kier molecular flexibility index (Phi) is 8.15. The Bertz CT molecular complexity index is 29.9. The monoisotopic (exact) mass is 258 g/mol. The summed E-state index contributed by atoms with van der Waals surface area (Å²) >= 11 is 0. The van der Waals surface area contributed by atoms with Gasteiger partial charge >= 0.3 is 9.17 Å². The van der Waals surface area contributed by atoms with E-state index >= 15 is 0 Å². The van der Waals surface area contributed by atoms with Crippen LogP contribution in [0.4, 0.5) is 0 Å². The van der Waals surface area contributed by atoms with Crippen molar-refractivity contribution in [2.24, 2.45) is 0 Å². The van der Waals surface area contributed by atoms with Gasteiger partial charge in [-0.2, -0.15) is 0 Å². The van der Waals surface area contributed by atoms with Crippen molar-refractivity contribution in [1.82, 2.24) is 0 Å². The summed E-state index contributed by atoms with van der Waals surface area (Å²) in [6, 6.07) is 0. The molecule has 0 aliphatic carbocycles. The first-order chi connectivity index (χ1) is 1.73. The van der Waals surface area contributed by atoms with Gasteiger partial charge in [-0.3, -0.25) is 4.46 Å². The van der Waals surface area contributed by atoms with Crippen LogP contribution < -0.4 is 0 Å². The van der Waals surface area contributed by atoms with Crippen molar-refractivity contribution in [2.75, 3.05) is 0 Å². The number of hydrogen-bond acceptors (Lipinski definition) is 1. The van der Waals surface area contributed by atoms with Crippen LogP contribution in [0.3, 0.4) is 0 Å². The maximum Gasteiger partial charge on any atom is 0.761 e. The molecule has 3 nitrogen and oxygen atoms in total.